The number of carbonyl (C=O) groups is 2. The number of hydrogen-bond donors (Lipinski definition) is 1. The lowest BCUT2D eigenvalue weighted by molar-refractivity contribution is -0.129. The summed E-state index contributed by atoms with van der Waals surface area (Å²) >= 11 is 0. The Morgan fingerprint density at radius 2 is 1.62 bits per heavy atom. The highest BCUT2D eigenvalue weighted by Gasteiger charge is 2.16. The predicted molar refractivity (Wildman–Crippen MR) is 112 cm³/mol. The summed E-state index contributed by atoms with van der Waals surface area (Å²) in [5.74, 6) is 1.28. The fourth-order valence-corrected chi connectivity index (χ4v) is 3.05. The number of carbonyl (C=O) groups excluding carboxylic acids is 2. The SMILES string of the molecule is CCN(Cc1ccccc1NC(=O)Cc1cc(OC)c(OC)c(OC)c1)C(C)=O. The van der Waals surface area contributed by atoms with Crippen LogP contribution in [-0.4, -0.2) is 44.6 Å². The van der Waals surface area contributed by atoms with Crippen LogP contribution in [0.3, 0.4) is 0 Å². The van der Waals surface area contributed by atoms with Gasteiger partial charge in [0.2, 0.25) is 17.6 Å². The van der Waals surface area contributed by atoms with Crippen molar-refractivity contribution >= 4 is 17.5 Å². The van der Waals surface area contributed by atoms with Gasteiger partial charge in [-0.1, -0.05) is 18.2 Å². The predicted octanol–water partition coefficient (Wildman–Crippen LogP) is 3.26. The maximum Gasteiger partial charge on any atom is 0.228 e. The van der Waals surface area contributed by atoms with Gasteiger partial charge >= 0.3 is 0 Å². The highest BCUT2D eigenvalue weighted by molar-refractivity contribution is 5.93. The van der Waals surface area contributed by atoms with E-state index in [0.29, 0.717) is 36.0 Å². The molecular weight excluding hydrogens is 372 g/mol. The summed E-state index contributed by atoms with van der Waals surface area (Å²) < 4.78 is 16.0. The van der Waals surface area contributed by atoms with Crippen LogP contribution < -0.4 is 19.5 Å². The van der Waals surface area contributed by atoms with E-state index in [2.05, 4.69) is 5.32 Å². The first-order chi connectivity index (χ1) is 13.9. The highest BCUT2D eigenvalue weighted by atomic mass is 16.5. The summed E-state index contributed by atoms with van der Waals surface area (Å²) in [6.07, 6.45) is 0.134. The first-order valence-corrected chi connectivity index (χ1v) is 9.35. The molecule has 0 aliphatic heterocycles. The smallest absolute Gasteiger partial charge is 0.228 e. The van der Waals surface area contributed by atoms with E-state index in [-0.39, 0.29) is 18.2 Å². The van der Waals surface area contributed by atoms with Gasteiger partial charge in [0.05, 0.1) is 27.8 Å². The number of anilines is 1. The third-order valence-electron chi connectivity index (χ3n) is 4.57. The van der Waals surface area contributed by atoms with Gasteiger partial charge in [-0.05, 0) is 36.2 Å². The molecule has 0 aliphatic carbocycles. The topological polar surface area (TPSA) is 77.1 Å². The van der Waals surface area contributed by atoms with E-state index in [9.17, 15) is 9.59 Å². The lowest BCUT2D eigenvalue weighted by Crippen LogP contribution is -2.28. The molecule has 2 aromatic rings. The first-order valence-electron chi connectivity index (χ1n) is 9.35. The molecule has 156 valence electrons. The second kappa shape index (κ2) is 10.4. The minimum atomic E-state index is -0.183. The Balaban J connectivity index is 2.19. The van der Waals surface area contributed by atoms with Crippen molar-refractivity contribution in [2.45, 2.75) is 26.8 Å². The zero-order valence-corrected chi connectivity index (χ0v) is 17.6. The van der Waals surface area contributed by atoms with Crippen molar-refractivity contribution in [2.24, 2.45) is 0 Å². The number of rotatable bonds is 9. The third kappa shape index (κ3) is 5.63. The quantitative estimate of drug-likeness (QED) is 0.699. The lowest BCUT2D eigenvalue weighted by Gasteiger charge is -2.21. The number of benzene rings is 2. The van der Waals surface area contributed by atoms with Crippen LogP contribution in [0, 0.1) is 0 Å². The Bertz CT molecular complexity index is 841. The van der Waals surface area contributed by atoms with E-state index in [0.717, 1.165) is 11.1 Å². The van der Waals surface area contributed by atoms with Crippen LogP contribution in [0.1, 0.15) is 25.0 Å². The summed E-state index contributed by atoms with van der Waals surface area (Å²) in [5, 5.41) is 2.94. The molecular formula is C22H28N2O5. The maximum absolute atomic E-state index is 12.7. The summed E-state index contributed by atoms with van der Waals surface area (Å²) in [7, 11) is 4.60. The van der Waals surface area contributed by atoms with Crippen LogP contribution in [0.2, 0.25) is 0 Å². The molecule has 7 nitrogen and oxygen atoms in total. The van der Waals surface area contributed by atoms with Crippen molar-refractivity contribution in [3.8, 4) is 17.2 Å². The number of ether oxygens (including phenoxy) is 3. The Kier molecular flexibility index (Phi) is 7.88. The van der Waals surface area contributed by atoms with Crippen LogP contribution in [0.5, 0.6) is 17.2 Å². The lowest BCUT2D eigenvalue weighted by atomic mass is 10.1. The van der Waals surface area contributed by atoms with Crippen molar-refractivity contribution in [1.29, 1.82) is 0 Å². The molecule has 0 spiro atoms. The number of para-hydroxylation sites is 1. The number of methoxy groups -OCH3 is 3. The second-order valence-corrected chi connectivity index (χ2v) is 6.45. The van der Waals surface area contributed by atoms with Gasteiger partial charge in [-0.15, -0.1) is 0 Å². The molecule has 2 amide bonds. The number of amides is 2. The average molecular weight is 400 g/mol. The van der Waals surface area contributed by atoms with Crippen molar-refractivity contribution in [1.82, 2.24) is 4.90 Å². The molecule has 0 atom stereocenters. The zero-order chi connectivity index (χ0) is 21.4. The molecule has 0 aliphatic rings. The molecule has 0 saturated heterocycles. The van der Waals surface area contributed by atoms with Crippen molar-refractivity contribution < 1.29 is 23.8 Å². The van der Waals surface area contributed by atoms with Crippen LogP contribution in [0.25, 0.3) is 0 Å². The Hall–Kier alpha value is -3.22. The van der Waals surface area contributed by atoms with Gasteiger partial charge in [-0.3, -0.25) is 9.59 Å². The molecule has 0 fully saturated rings. The molecule has 2 aromatic carbocycles. The largest absolute Gasteiger partial charge is 0.493 e. The van der Waals surface area contributed by atoms with Gasteiger partial charge in [0.15, 0.2) is 11.5 Å². The van der Waals surface area contributed by atoms with Crippen LogP contribution >= 0.6 is 0 Å². The monoisotopic (exact) mass is 400 g/mol. The van der Waals surface area contributed by atoms with E-state index in [1.54, 1.807) is 17.0 Å². The molecule has 2 rings (SSSR count). The van der Waals surface area contributed by atoms with E-state index < -0.39 is 0 Å². The molecule has 7 heteroatoms. The fourth-order valence-electron chi connectivity index (χ4n) is 3.05. The van der Waals surface area contributed by atoms with Crippen LogP contribution in [-0.2, 0) is 22.6 Å². The standard InChI is InChI=1S/C22H28N2O5/c1-6-24(15(2)25)14-17-9-7-8-10-18(17)23-21(26)13-16-11-19(27-3)22(29-5)20(12-16)28-4/h7-12H,6,13-14H2,1-5H3,(H,23,26). The Morgan fingerprint density at radius 3 is 2.14 bits per heavy atom. The van der Waals surface area contributed by atoms with E-state index in [1.807, 2.05) is 31.2 Å². The average Bonchev–Trinajstić information content (AvgIpc) is 2.71. The normalized spacial score (nSPS) is 10.2. The number of nitrogens with zero attached hydrogens (tertiary/aromatic N) is 1. The van der Waals surface area contributed by atoms with Gasteiger partial charge in [0.25, 0.3) is 0 Å². The van der Waals surface area contributed by atoms with E-state index in [4.69, 9.17) is 14.2 Å². The maximum atomic E-state index is 12.7. The summed E-state index contributed by atoms with van der Waals surface area (Å²) in [4.78, 5) is 26.1. The van der Waals surface area contributed by atoms with Crippen molar-refractivity contribution in [3.05, 3.63) is 47.5 Å². The minimum absolute atomic E-state index is 0.00828. The zero-order valence-electron chi connectivity index (χ0n) is 17.6. The molecule has 0 radical (unpaired) electrons. The molecule has 0 aromatic heterocycles. The van der Waals surface area contributed by atoms with E-state index >= 15 is 0 Å². The number of hydrogen-bond acceptors (Lipinski definition) is 5. The number of nitrogens with one attached hydrogen (secondary N) is 1. The minimum Gasteiger partial charge on any atom is -0.493 e. The summed E-state index contributed by atoms with van der Waals surface area (Å²) in [6, 6.07) is 11.0. The van der Waals surface area contributed by atoms with E-state index in [1.165, 1.54) is 28.3 Å². The summed E-state index contributed by atoms with van der Waals surface area (Å²) in [6.45, 7) is 4.50. The van der Waals surface area contributed by atoms with Gasteiger partial charge in [-0.25, -0.2) is 0 Å². The summed E-state index contributed by atoms with van der Waals surface area (Å²) in [5.41, 5.74) is 2.29. The molecule has 0 heterocycles. The van der Waals surface area contributed by atoms with Crippen LogP contribution in [0.15, 0.2) is 36.4 Å². The Morgan fingerprint density at radius 1 is 1.00 bits per heavy atom. The third-order valence-corrected chi connectivity index (χ3v) is 4.57. The Labute approximate surface area is 171 Å². The van der Waals surface area contributed by atoms with Gasteiger partial charge in [0, 0.05) is 25.7 Å². The van der Waals surface area contributed by atoms with Gasteiger partial charge in [-0.2, -0.15) is 0 Å². The van der Waals surface area contributed by atoms with Gasteiger partial charge in [0.1, 0.15) is 0 Å². The molecule has 0 bridgehead atoms. The van der Waals surface area contributed by atoms with Crippen molar-refractivity contribution in [2.75, 3.05) is 33.2 Å². The van der Waals surface area contributed by atoms with Crippen LogP contribution in [0.4, 0.5) is 5.69 Å². The molecule has 1 N–H and O–H groups in total. The highest BCUT2D eigenvalue weighted by Crippen LogP contribution is 2.38. The van der Waals surface area contributed by atoms with Crippen molar-refractivity contribution in [3.63, 3.8) is 0 Å². The molecule has 0 saturated carbocycles. The molecule has 29 heavy (non-hydrogen) atoms. The second-order valence-electron chi connectivity index (χ2n) is 6.45. The first kappa shape index (κ1) is 22.1. The fraction of sp³-hybridized carbons (Fsp3) is 0.364. The van der Waals surface area contributed by atoms with Gasteiger partial charge < -0.3 is 24.4 Å². The molecule has 0 unspecified atom stereocenters.